The number of nitrogens with zero attached hydrogens (tertiary/aromatic N) is 1. The Bertz CT molecular complexity index is 863. The van der Waals surface area contributed by atoms with Gasteiger partial charge >= 0.3 is 5.97 Å². The van der Waals surface area contributed by atoms with E-state index in [1.807, 2.05) is 11.0 Å². The van der Waals surface area contributed by atoms with Crippen LogP contribution in [0.15, 0.2) is 46.9 Å². The molecule has 6 heteroatoms. The van der Waals surface area contributed by atoms with Gasteiger partial charge in [0, 0.05) is 18.1 Å². The topological polar surface area (TPSA) is 64.2 Å². The fourth-order valence-electron chi connectivity index (χ4n) is 3.50. The van der Waals surface area contributed by atoms with Gasteiger partial charge in [-0.15, -0.1) is 0 Å². The highest BCUT2D eigenvalue weighted by molar-refractivity contribution is 5.91. The average molecular weight is 397 g/mol. The molecule has 0 aliphatic carbocycles. The van der Waals surface area contributed by atoms with E-state index in [0.29, 0.717) is 17.9 Å². The SMILES string of the molecule is COC(=O)CCc1ccc(/C=C/C(=O)N2CC[NH+](Cc3ccccc3C)CC2)o1. The van der Waals surface area contributed by atoms with Gasteiger partial charge in [0.1, 0.15) is 18.1 Å². The van der Waals surface area contributed by atoms with E-state index in [9.17, 15) is 9.59 Å². The van der Waals surface area contributed by atoms with Crippen molar-refractivity contribution in [3.8, 4) is 0 Å². The molecule has 2 heterocycles. The largest absolute Gasteiger partial charge is 0.469 e. The smallest absolute Gasteiger partial charge is 0.305 e. The number of hydrogen-bond acceptors (Lipinski definition) is 4. The molecule has 1 aromatic heterocycles. The van der Waals surface area contributed by atoms with Crippen molar-refractivity contribution in [2.45, 2.75) is 26.3 Å². The van der Waals surface area contributed by atoms with Crippen LogP contribution in [0.1, 0.15) is 29.1 Å². The van der Waals surface area contributed by atoms with E-state index >= 15 is 0 Å². The zero-order valence-corrected chi connectivity index (χ0v) is 17.1. The minimum atomic E-state index is -0.266. The molecule has 0 radical (unpaired) electrons. The number of amides is 1. The lowest BCUT2D eigenvalue weighted by Gasteiger charge is -2.32. The number of furan rings is 1. The van der Waals surface area contributed by atoms with E-state index in [1.165, 1.54) is 23.1 Å². The standard InChI is InChI=1S/C23H28N2O4/c1-18-5-3-4-6-19(18)17-24-13-15-25(16-14-24)22(26)11-9-20-7-8-21(29-20)10-12-23(27)28-2/h3-9,11H,10,12-17H2,1-2H3/p+1/b11-9+. The summed E-state index contributed by atoms with van der Waals surface area (Å²) in [5.74, 6) is 1.06. The number of ether oxygens (including phenoxy) is 1. The number of carbonyl (C=O) groups excluding carboxylic acids is 2. The predicted octanol–water partition coefficient (Wildman–Crippen LogP) is 1.63. The molecule has 2 aromatic rings. The number of hydrogen-bond donors (Lipinski definition) is 1. The van der Waals surface area contributed by atoms with Crippen molar-refractivity contribution in [2.75, 3.05) is 33.3 Å². The van der Waals surface area contributed by atoms with Gasteiger partial charge in [0.05, 0.1) is 39.7 Å². The molecule has 29 heavy (non-hydrogen) atoms. The molecule has 1 amide bonds. The number of carbonyl (C=O) groups is 2. The summed E-state index contributed by atoms with van der Waals surface area (Å²) in [4.78, 5) is 27.1. The fourth-order valence-corrected chi connectivity index (χ4v) is 3.50. The lowest BCUT2D eigenvalue weighted by atomic mass is 10.1. The van der Waals surface area contributed by atoms with E-state index in [4.69, 9.17) is 4.42 Å². The molecule has 6 nitrogen and oxygen atoms in total. The summed E-state index contributed by atoms with van der Waals surface area (Å²) in [6, 6.07) is 12.1. The Morgan fingerprint density at radius 1 is 1.17 bits per heavy atom. The van der Waals surface area contributed by atoms with Crippen LogP contribution in [0.25, 0.3) is 6.08 Å². The van der Waals surface area contributed by atoms with Gasteiger partial charge < -0.3 is 19.0 Å². The first-order chi connectivity index (χ1) is 14.0. The van der Waals surface area contributed by atoms with Crippen molar-refractivity contribution in [2.24, 2.45) is 0 Å². The fraction of sp³-hybridized carbons (Fsp3) is 0.391. The van der Waals surface area contributed by atoms with E-state index in [0.717, 1.165) is 32.7 Å². The molecule has 0 saturated carbocycles. The minimum absolute atomic E-state index is 0.00690. The summed E-state index contributed by atoms with van der Waals surface area (Å²) in [5.41, 5.74) is 2.70. The number of esters is 1. The van der Waals surface area contributed by atoms with E-state index in [1.54, 1.807) is 18.2 Å². The van der Waals surface area contributed by atoms with Crippen molar-refractivity contribution >= 4 is 18.0 Å². The molecule has 1 saturated heterocycles. The van der Waals surface area contributed by atoms with Gasteiger partial charge in [0.25, 0.3) is 0 Å². The van der Waals surface area contributed by atoms with Gasteiger partial charge in [-0.3, -0.25) is 9.59 Å². The molecule has 1 N–H and O–H groups in total. The Kier molecular flexibility index (Phi) is 7.25. The van der Waals surface area contributed by atoms with Gasteiger partial charge in [0.2, 0.25) is 5.91 Å². The van der Waals surface area contributed by atoms with Crippen molar-refractivity contribution in [3.05, 3.63) is 65.1 Å². The maximum absolute atomic E-state index is 12.5. The molecule has 154 valence electrons. The van der Waals surface area contributed by atoms with Crippen LogP contribution in [0.3, 0.4) is 0 Å². The van der Waals surface area contributed by atoms with Crippen LogP contribution in [0, 0.1) is 6.92 Å². The van der Waals surface area contributed by atoms with Crippen LogP contribution in [0.2, 0.25) is 0 Å². The number of methoxy groups -OCH3 is 1. The zero-order chi connectivity index (χ0) is 20.6. The average Bonchev–Trinajstić information content (AvgIpc) is 3.20. The lowest BCUT2D eigenvalue weighted by molar-refractivity contribution is -0.917. The van der Waals surface area contributed by atoms with Crippen molar-refractivity contribution in [1.82, 2.24) is 4.90 Å². The van der Waals surface area contributed by atoms with Gasteiger partial charge in [-0.1, -0.05) is 24.3 Å². The summed E-state index contributed by atoms with van der Waals surface area (Å²) < 4.78 is 10.3. The molecule has 0 unspecified atom stereocenters. The molecule has 1 aliphatic rings. The molecular weight excluding hydrogens is 368 g/mol. The predicted molar refractivity (Wildman–Crippen MR) is 110 cm³/mol. The third kappa shape index (κ3) is 6.06. The maximum Gasteiger partial charge on any atom is 0.305 e. The maximum atomic E-state index is 12.5. The van der Waals surface area contributed by atoms with Crippen LogP contribution in [0.5, 0.6) is 0 Å². The summed E-state index contributed by atoms with van der Waals surface area (Å²) in [6.07, 6.45) is 4.02. The summed E-state index contributed by atoms with van der Waals surface area (Å²) in [5, 5.41) is 0. The number of piperazine rings is 1. The molecule has 1 aromatic carbocycles. The number of benzene rings is 1. The molecule has 1 aliphatic heterocycles. The Balaban J connectivity index is 1.45. The summed E-state index contributed by atoms with van der Waals surface area (Å²) >= 11 is 0. The van der Waals surface area contributed by atoms with Gasteiger partial charge in [0.15, 0.2) is 0 Å². The number of rotatable bonds is 7. The lowest BCUT2D eigenvalue weighted by Crippen LogP contribution is -3.13. The third-order valence-corrected chi connectivity index (χ3v) is 5.36. The van der Waals surface area contributed by atoms with E-state index in [-0.39, 0.29) is 18.3 Å². The van der Waals surface area contributed by atoms with E-state index in [2.05, 4.69) is 35.9 Å². The van der Waals surface area contributed by atoms with E-state index < -0.39 is 0 Å². The summed E-state index contributed by atoms with van der Waals surface area (Å²) in [7, 11) is 1.37. The van der Waals surface area contributed by atoms with Crippen LogP contribution in [-0.4, -0.2) is 50.1 Å². The highest BCUT2D eigenvalue weighted by atomic mass is 16.5. The Hall–Kier alpha value is -2.86. The van der Waals surface area contributed by atoms with Crippen LogP contribution < -0.4 is 4.90 Å². The number of nitrogens with one attached hydrogen (secondary N) is 1. The Morgan fingerprint density at radius 3 is 2.66 bits per heavy atom. The second-order valence-electron chi connectivity index (χ2n) is 7.39. The molecule has 0 spiro atoms. The normalized spacial score (nSPS) is 15.0. The molecule has 0 atom stereocenters. The highest BCUT2D eigenvalue weighted by Gasteiger charge is 2.22. The van der Waals surface area contributed by atoms with Gasteiger partial charge in [-0.2, -0.15) is 0 Å². The third-order valence-electron chi connectivity index (χ3n) is 5.36. The zero-order valence-electron chi connectivity index (χ0n) is 17.1. The number of quaternary nitrogens is 1. The second kappa shape index (κ2) is 10.1. The monoisotopic (exact) mass is 397 g/mol. The first-order valence-corrected chi connectivity index (χ1v) is 10.1. The van der Waals surface area contributed by atoms with Gasteiger partial charge in [-0.25, -0.2) is 0 Å². The first kappa shape index (κ1) is 20.9. The summed E-state index contributed by atoms with van der Waals surface area (Å²) in [6.45, 7) is 6.57. The molecule has 0 bridgehead atoms. The minimum Gasteiger partial charge on any atom is -0.469 e. The molecular formula is C23H29N2O4+. The Morgan fingerprint density at radius 2 is 1.93 bits per heavy atom. The molecule has 3 rings (SSSR count). The quantitative estimate of drug-likeness (QED) is 0.570. The van der Waals surface area contributed by atoms with Crippen molar-refractivity contribution in [3.63, 3.8) is 0 Å². The molecule has 1 fully saturated rings. The second-order valence-corrected chi connectivity index (χ2v) is 7.39. The number of aryl methyl sites for hydroxylation is 2. The van der Waals surface area contributed by atoms with Crippen molar-refractivity contribution < 1.29 is 23.6 Å². The Labute approximate surface area is 171 Å². The van der Waals surface area contributed by atoms with Gasteiger partial charge in [-0.05, 0) is 30.7 Å². The van der Waals surface area contributed by atoms with Crippen molar-refractivity contribution in [1.29, 1.82) is 0 Å². The van der Waals surface area contributed by atoms with Crippen LogP contribution in [-0.2, 0) is 27.3 Å². The highest BCUT2D eigenvalue weighted by Crippen LogP contribution is 2.12. The van der Waals surface area contributed by atoms with Crippen LogP contribution in [0.4, 0.5) is 0 Å². The van der Waals surface area contributed by atoms with Crippen LogP contribution >= 0.6 is 0 Å². The first-order valence-electron chi connectivity index (χ1n) is 10.1.